The monoisotopic (exact) mass is 768 g/mol. The van der Waals surface area contributed by atoms with E-state index in [0.29, 0.717) is 24.8 Å². The van der Waals surface area contributed by atoms with Crippen LogP contribution in [-0.4, -0.2) is 77.2 Å². The number of aliphatic imine (C=N–C) groups is 1. The van der Waals surface area contributed by atoms with Crippen molar-refractivity contribution in [2.24, 2.45) is 4.99 Å². The maximum absolute atomic E-state index is 16.3. The number of amidine groups is 1. The molecule has 0 radical (unpaired) electrons. The number of benzene rings is 5. The Morgan fingerprint density at radius 3 is 2.19 bits per heavy atom. The summed E-state index contributed by atoms with van der Waals surface area (Å²) < 4.78 is -1.27. The van der Waals surface area contributed by atoms with E-state index in [-0.39, 0.29) is 17.7 Å². The number of nitrogens with zero attached hydrogens (tertiary/aromatic N) is 5. The van der Waals surface area contributed by atoms with Crippen LogP contribution in [0.5, 0.6) is 0 Å². The van der Waals surface area contributed by atoms with Crippen LogP contribution < -0.4 is 10.2 Å². The molecule has 0 aliphatic carbocycles. The van der Waals surface area contributed by atoms with Gasteiger partial charge in [-0.25, -0.2) is 4.99 Å². The number of carbonyl (C=O) groups excluding carboxylic acids is 2. The van der Waals surface area contributed by atoms with Gasteiger partial charge in [-0.3, -0.25) is 24.3 Å². The van der Waals surface area contributed by atoms with E-state index >= 15 is 4.79 Å². The summed E-state index contributed by atoms with van der Waals surface area (Å²) in [5.41, 5.74) is 8.87. The molecule has 1 N–H and O–H groups in total. The Morgan fingerprint density at radius 1 is 0.807 bits per heavy atom. The summed E-state index contributed by atoms with van der Waals surface area (Å²) in [6.07, 6.45) is 2.26. The molecule has 284 valence electrons. The van der Waals surface area contributed by atoms with Gasteiger partial charge in [-0.2, -0.15) is 0 Å². The SMILES string of the molecule is CN(C)c1ccc([C@@H]2CN(C)[C@]3(C(=O)Nc4ccccc43)[C@]23SC2=NC4=C(CN(Cc5ccccc5)C/C4=C\c4ccccc4)[C@H](c4ccccc4)N2C3=O)cc1. The number of likely N-dealkylation sites (tertiary alicyclic amines) is 1. The zero-order valence-corrected chi connectivity index (χ0v) is 33.1. The first kappa shape index (κ1) is 35.7. The van der Waals surface area contributed by atoms with E-state index in [0.717, 1.165) is 57.0 Å². The minimum atomic E-state index is -1.29. The molecule has 2 spiro atoms. The highest BCUT2D eigenvalue weighted by Gasteiger charge is 2.78. The van der Waals surface area contributed by atoms with E-state index in [4.69, 9.17) is 4.99 Å². The van der Waals surface area contributed by atoms with Gasteiger partial charge in [0.25, 0.3) is 5.91 Å². The quantitative estimate of drug-likeness (QED) is 0.190. The van der Waals surface area contributed by atoms with Gasteiger partial charge in [0.05, 0.1) is 11.7 Å². The van der Waals surface area contributed by atoms with Crippen molar-refractivity contribution in [1.29, 1.82) is 0 Å². The molecule has 0 saturated carbocycles. The van der Waals surface area contributed by atoms with Gasteiger partial charge in [-0.1, -0.05) is 133 Å². The molecular weight excluding hydrogens is 725 g/mol. The molecule has 2 amide bonds. The molecule has 2 saturated heterocycles. The van der Waals surface area contributed by atoms with E-state index in [2.05, 4.69) is 129 Å². The predicted molar refractivity (Wildman–Crippen MR) is 230 cm³/mol. The summed E-state index contributed by atoms with van der Waals surface area (Å²) in [6, 6.07) is 47.4. The maximum atomic E-state index is 16.3. The van der Waals surface area contributed by atoms with Crippen molar-refractivity contribution >= 4 is 46.2 Å². The van der Waals surface area contributed by atoms with Gasteiger partial charge in [0.15, 0.2) is 10.7 Å². The summed E-state index contributed by atoms with van der Waals surface area (Å²) in [5.74, 6) is -0.588. The second kappa shape index (κ2) is 13.7. The molecule has 5 aliphatic rings. The van der Waals surface area contributed by atoms with E-state index in [1.165, 1.54) is 17.3 Å². The van der Waals surface area contributed by atoms with Crippen LogP contribution in [-0.2, 0) is 21.7 Å². The zero-order valence-electron chi connectivity index (χ0n) is 32.3. The third-order valence-electron chi connectivity index (χ3n) is 12.5. The van der Waals surface area contributed by atoms with Gasteiger partial charge in [-0.05, 0) is 64.7 Å². The molecule has 5 aliphatic heterocycles. The number of para-hydroxylation sites is 1. The van der Waals surface area contributed by atoms with Crippen molar-refractivity contribution in [2.45, 2.75) is 28.8 Å². The summed E-state index contributed by atoms with van der Waals surface area (Å²) in [6.45, 7) is 2.60. The first-order valence-corrected chi connectivity index (χ1v) is 20.4. The number of likely N-dealkylation sites (N-methyl/N-ethyl adjacent to an activating group) is 1. The summed E-state index contributed by atoms with van der Waals surface area (Å²) in [7, 11) is 6.06. The van der Waals surface area contributed by atoms with Crippen LogP contribution in [0.4, 0.5) is 11.4 Å². The van der Waals surface area contributed by atoms with Gasteiger partial charge in [0.1, 0.15) is 4.75 Å². The van der Waals surface area contributed by atoms with Gasteiger partial charge < -0.3 is 10.2 Å². The summed E-state index contributed by atoms with van der Waals surface area (Å²) >= 11 is 1.50. The Balaban J connectivity index is 1.19. The Kier molecular flexibility index (Phi) is 8.59. The van der Waals surface area contributed by atoms with Crippen LogP contribution in [0.25, 0.3) is 6.08 Å². The highest BCUT2D eigenvalue weighted by molar-refractivity contribution is 8.16. The van der Waals surface area contributed by atoms with Crippen LogP contribution in [0.15, 0.2) is 161 Å². The van der Waals surface area contributed by atoms with Crippen LogP contribution in [0.1, 0.15) is 39.8 Å². The fraction of sp³-hybridized carbons (Fsp3) is 0.229. The zero-order chi connectivity index (χ0) is 38.9. The molecule has 57 heavy (non-hydrogen) atoms. The van der Waals surface area contributed by atoms with Crippen LogP contribution in [0, 0.1) is 0 Å². The van der Waals surface area contributed by atoms with Crippen LogP contribution in [0.3, 0.4) is 0 Å². The Labute approximate surface area is 338 Å². The van der Waals surface area contributed by atoms with Crippen LogP contribution >= 0.6 is 11.8 Å². The molecule has 5 aromatic rings. The fourth-order valence-corrected chi connectivity index (χ4v) is 11.7. The van der Waals surface area contributed by atoms with E-state index in [1.54, 1.807) is 0 Å². The van der Waals surface area contributed by atoms with Crippen molar-refractivity contribution in [3.05, 3.63) is 184 Å². The molecule has 0 aromatic heterocycles. The van der Waals surface area contributed by atoms with Gasteiger partial charge in [-0.15, -0.1) is 0 Å². The summed E-state index contributed by atoms with van der Waals surface area (Å²) in [5, 5.41) is 3.87. The highest BCUT2D eigenvalue weighted by atomic mass is 32.2. The lowest BCUT2D eigenvalue weighted by Gasteiger charge is -2.43. The normalized spacial score (nSPS) is 26.2. The van der Waals surface area contributed by atoms with Crippen LogP contribution in [0.2, 0.25) is 0 Å². The minimum Gasteiger partial charge on any atom is -0.378 e. The summed E-state index contributed by atoms with van der Waals surface area (Å²) in [4.78, 5) is 45.5. The number of nitrogens with one attached hydrogen (secondary N) is 1. The molecular formula is C48H44N6O2S. The third kappa shape index (κ3) is 5.40. The van der Waals surface area contributed by atoms with E-state index < -0.39 is 16.3 Å². The molecule has 0 bridgehead atoms. The average Bonchev–Trinajstić information content (AvgIpc) is 3.81. The first-order chi connectivity index (χ1) is 27.8. The molecule has 5 aromatic carbocycles. The average molecular weight is 769 g/mol. The Hall–Kier alpha value is -5.74. The van der Waals surface area contributed by atoms with Gasteiger partial charge in [0.2, 0.25) is 5.91 Å². The van der Waals surface area contributed by atoms with Crippen molar-refractivity contribution in [3.8, 4) is 0 Å². The standard InChI is InChI=1S/C48H44N6O2S/c1-51(2)37-25-23-34(24-26-37)40-31-52(3)47(39-21-13-14-22-41(39)49-44(47)55)48(40)45(56)54-43(35-19-11-6-12-20-35)38-30-53(28-33-17-9-5-10-18-33)29-36(42(38)50-46(54)57-48)27-32-15-7-4-8-16-32/h4-27,40,43H,28-31H2,1-3H3,(H,49,55)/b36-27+/t40-,43-,47+,48-/m0/s1. The molecule has 10 rings (SSSR count). The molecule has 0 unspecified atom stereocenters. The molecule has 5 heterocycles. The number of amides is 2. The number of rotatable bonds is 6. The predicted octanol–water partition coefficient (Wildman–Crippen LogP) is 7.91. The lowest BCUT2D eigenvalue weighted by atomic mass is 9.71. The van der Waals surface area contributed by atoms with E-state index in [1.807, 2.05) is 62.4 Å². The number of thioether (sulfide) groups is 1. The molecule has 8 nitrogen and oxygen atoms in total. The topological polar surface area (TPSA) is 71.5 Å². The van der Waals surface area contributed by atoms with Gasteiger partial charge >= 0.3 is 0 Å². The van der Waals surface area contributed by atoms with Crippen molar-refractivity contribution < 1.29 is 9.59 Å². The second-order valence-corrected chi connectivity index (χ2v) is 17.1. The number of fused-ring (bicyclic) bond motifs is 4. The maximum Gasteiger partial charge on any atom is 0.251 e. The Morgan fingerprint density at radius 2 is 1.47 bits per heavy atom. The smallest absolute Gasteiger partial charge is 0.251 e. The minimum absolute atomic E-state index is 0.0849. The lowest BCUT2D eigenvalue weighted by molar-refractivity contribution is -0.139. The van der Waals surface area contributed by atoms with E-state index in [9.17, 15) is 4.79 Å². The highest BCUT2D eigenvalue weighted by Crippen LogP contribution is 2.67. The van der Waals surface area contributed by atoms with Crippen molar-refractivity contribution in [1.82, 2.24) is 14.7 Å². The number of hydrogen-bond acceptors (Lipinski definition) is 7. The largest absolute Gasteiger partial charge is 0.378 e. The molecule has 2 fully saturated rings. The molecule has 9 heteroatoms. The first-order valence-electron chi connectivity index (χ1n) is 19.6. The number of anilines is 2. The molecule has 4 atom stereocenters. The lowest BCUT2D eigenvalue weighted by Crippen LogP contribution is -2.62. The fourth-order valence-electron chi connectivity index (χ4n) is 9.97. The number of carbonyl (C=O) groups is 2. The number of hydrogen-bond donors (Lipinski definition) is 1. The third-order valence-corrected chi connectivity index (χ3v) is 14.0. The Bertz CT molecular complexity index is 2490. The van der Waals surface area contributed by atoms with Crippen molar-refractivity contribution in [3.63, 3.8) is 0 Å². The van der Waals surface area contributed by atoms with Gasteiger partial charge in [0, 0.05) is 63.1 Å². The second-order valence-electron chi connectivity index (χ2n) is 15.9. The van der Waals surface area contributed by atoms with Crippen molar-refractivity contribution in [2.75, 3.05) is 51.0 Å².